The van der Waals surface area contributed by atoms with Crippen molar-refractivity contribution in [3.8, 4) is 0 Å². The van der Waals surface area contributed by atoms with Crippen molar-refractivity contribution in [3.05, 3.63) is 105 Å². The van der Waals surface area contributed by atoms with E-state index >= 15 is 0 Å². The predicted molar refractivity (Wildman–Crippen MR) is 120 cm³/mol. The van der Waals surface area contributed by atoms with Gasteiger partial charge in [-0.2, -0.15) is 0 Å². The number of halogens is 2. The average molecular weight is 438 g/mol. The van der Waals surface area contributed by atoms with Crippen molar-refractivity contribution in [3.63, 3.8) is 0 Å². The lowest BCUT2D eigenvalue weighted by atomic mass is 10.1. The molecule has 1 heterocycles. The summed E-state index contributed by atoms with van der Waals surface area (Å²) in [5.41, 5.74) is 2.92. The van der Waals surface area contributed by atoms with E-state index in [9.17, 15) is 14.0 Å². The van der Waals surface area contributed by atoms with Gasteiger partial charge in [0.05, 0.1) is 16.2 Å². The van der Waals surface area contributed by atoms with Crippen LogP contribution in [0.25, 0.3) is 5.57 Å². The maximum absolute atomic E-state index is 13.5. The van der Waals surface area contributed by atoms with Gasteiger partial charge in [0.2, 0.25) is 0 Å². The second kappa shape index (κ2) is 8.46. The molecule has 3 aromatic rings. The number of rotatable bonds is 5. The molecule has 0 saturated carbocycles. The lowest BCUT2D eigenvalue weighted by molar-refractivity contribution is -0.119. The number of imide groups is 1. The van der Waals surface area contributed by atoms with Crippen LogP contribution in [0.15, 0.2) is 77.7 Å². The predicted octanol–water partition coefficient (Wildman–Crippen LogP) is 6.01. The normalized spacial score (nSPS) is 14.0. The summed E-state index contributed by atoms with van der Waals surface area (Å²) in [4.78, 5) is 28.2. The average Bonchev–Trinajstić information content (AvgIpc) is 2.99. The summed E-state index contributed by atoms with van der Waals surface area (Å²) in [5.74, 6) is -0.710. The van der Waals surface area contributed by atoms with Crippen molar-refractivity contribution < 1.29 is 14.0 Å². The molecule has 150 valence electrons. The first kappa shape index (κ1) is 20.4. The van der Waals surface area contributed by atoms with Crippen molar-refractivity contribution in [1.29, 1.82) is 0 Å². The molecule has 3 nitrogen and oxygen atoms in total. The standard InChI is InChI=1S/C24H17ClFNO2S/c1-15-19(25)8-5-9-20(15)27-23(28)21(17-10-12-18(26)13-11-17)22(24(27)29)30-14-16-6-3-2-4-7-16/h2-13H,14H2,1H3. The molecule has 2 amide bonds. The Balaban J connectivity index is 1.77. The van der Waals surface area contributed by atoms with Gasteiger partial charge in [0, 0.05) is 10.8 Å². The number of amides is 2. The first-order chi connectivity index (χ1) is 14.5. The molecule has 0 radical (unpaired) electrons. The number of hydrogen-bond acceptors (Lipinski definition) is 3. The molecule has 1 aliphatic rings. The Bertz CT molecular complexity index is 1160. The van der Waals surface area contributed by atoms with E-state index in [0.29, 0.717) is 32.5 Å². The van der Waals surface area contributed by atoms with Crippen LogP contribution in [-0.2, 0) is 15.3 Å². The fraction of sp³-hybridized carbons (Fsp3) is 0.0833. The monoisotopic (exact) mass is 437 g/mol. The summed E-state index contributed by atoms with van der Waals surface area (Å²) in [6.07, 6.45) is 0. The minimum absolute atomic E-state index is 0.278. The van der Waals surface area contributed by atoms with Gasteiger partial charge in [-0.1, -0.05) is 60.1 Å². The summed E-state index contributed by atoms with van der Waals surface area (Å²) >= 11 is 7.53. The number of carbonyl (C=O) groups excluding carboxylic acids is 2. The Kier molecular flexibility index (Phi) is 5.75. The zero-order chi connectivity index (χ0) is 21.3. The number of nitrogens with zero attached hydrogens (tertiary/aromatic N) is 1. The van der Waals surface area contributed by atoms with Crippen molar-refractivity contribution in [1.82, 2.24) is 0 Å². The molecular weight excluding hydrogens is 421 g/mol. The van der Waals surface area contributed by atoms with Crippen LogP contribution in [0.3, 0.4) is 0 Å². The molecule has 0 aliphatic carbocycles. The third kappa shape index (κ3) is 3.78. The second-order valence-electron chi connectivity index (χ2n) is 6.81. The quantitative estimate of drug-likeness (QED) is 0.459. The summed E-state index contributed by atoms with van der Waals surface area (Å²) in [6.45, 7) is 1.77. The number of hydrogen-bond donors (Lipinski definition) is 0. The van der Waals surface area contributed by atoms with Crippen LogP contribution in [0.1, 0.15) is 16.7 Å². The van der Waals surface area contributed by atoms with Crippen LogP contribution >= 0.6 is 23.4 Å². The Morgan fingerprint density at radius 1 is 0.900 bits per heavy atom. The molecule has 0 spiro atoms. The number of anilines is 1. The molecule has 3 aromatic carbocycles. The van der Waals surface area contributed by atoms with E-state index < -0.39 is 17.6 Å². The van der Waals surface area contributed by atoms with Gasteiger partial charge in [0.1, 0.15) is 5.82 Å². The van der Waals surface area contributed by atoms with Gasteiger partial charge in [-0.05, 0) is 47.9 Å². The largest absolute Gasteiger partial charge is 0.272 e. The molecule has 0 bridgehead atoms. The number of thioether (sulfide) groups is 1. The Morgan fingerprint density at radius 3 is 2.30 bits per heavy atom. The maximum atomic E-state index is 13.5. The van der Waals surface area contributed by atoms with Crippen molar-refractivity contribution in [2.24, 2.45) is 0 Å². The maximum Gasteiger partial charge on any atom is 0.272 e. The molecule has 6 heteroatoms. The molecule has 0 N–H and O–H groups in total. The van der Waals surface area contributed by atoms with Gasteiger partial charge in [-0.3, -0.25) is 9.59 Å². The summed E-state index contributed by atoms with van der Waals surface area (Å²) < 4.78 is 13.5. The first-order valence-electron chi connectivity index (χ1n) is 9.28. The zero-order valence-electron chi connectivity index (χ0n) is 16.1. The number of benzene rings is 3. The highest BCUT2D eigenvalue weighted by Crippen LogP contribution is 2.41. The molecule has 0 saturated heterocycles. The van der Waals surface area contributed by atoms with Gasteiger partial charge in [-0.25, -0.2) is 9.29 Å². The molecule has 0 fully saturated rings. The van der Waals surface area contributed by atoms with Gasteiger partial charge < -0.3 is 0 Å². The van der Waals surface area contributed by atoms with Crippen LogP contribution in [0.4, 0.5) is 10.1 Å². The van der Waals surface area contributed by atoms with E-state index in [1.165, 1.54) is 36.0 Å². The molecule has 30 heavy (non-hydrogen) atoms. The smallest absolute Gasteiger partial charge is 0.268 e. The van der Waals surface area contributed by atoms with E-state index in [0.717, 1.165) is 10.5 Å². The Hall–Kier alpha value is -2.89. The number of carbonyl (C=O) groups is 2. The van der Waals surface area contributed by atoms with Crippen LogP contribution < -0.4 is 4.90 Å². The Morgan fingerprint density at radius 2 is 1.60 bits per heavy atom. The van der Waals surface area contributed by atoms with Crippen molar-refractivity contribution in [2.45, 2.75) is 12.7 Å². The summed E-state index contributed by atoms with van der Waals surface area (Å²) in [6, 6.07) is 20.4. The Labute approximate surface area is 183 Å². The highest BCUT2D eigenvalue weighted by atomic mass is 35.5. The minimum Gasteiger partial charge on any atom is -0.268 e. The van der Waals surface area contributed by atoms with E-state index in [4.69, 9.17) is 11.6 Å². The minimum atomic E-state index is -0.437. The lowest BCUT2D eigenvalue weighted by Crippen LogP contribution is -2.32. The fourth-order valence-electron chi connectivity index (χ4n) is 3.30. The van der Waals surface area contributed by atoms with E-state index in [2.05, 4.69) is 0 Å². The lowest BCUT2D eigenvalue weighted by Gasteiger charge is -2.18. The molecule has 1 aliphatic heterocycles. The van der Waals surface area contributed by atoms with Gasteiger partial charge >= 0.3 is 0 Å². The summed E-state index contributed by atoms with van der Waals surface area (Å²) in [5, 5.41) is 0.474. The molecule has 0 atom stereocenters. The first-order valence-corrected chi connectivity index (χ1v) is 10.6. The highest BCUT2D eigenvalue weighted by molar-refractivity contribution is 8.03. The van der Waals surface area contributed by atoms with Crippen LogP contribution in [0.5, 0.6) is 0 Å². The highest BCUT2D eigenvalue weighted by Gasteiger charge is 2.40. The molecule has 4 rings (SSSR count). The second-order valence-corrected chi connectivity index (χ2v) is 8.21. The van der Waals surface area contributed by atoms with Crippen molar-refractivity contribution >= 4 is 46.4 Å². The van der Waals surface area contributed by atoms with E-state index in [1.807, 2.05) is 30.3 Å². The van der Waals surface area contributed by atoms with Gasteiger partial charge in [0.15, 0.2) is 0 Å². The van der Waals surface area contributed by atoms with Gasteiger partial charge in [-0.15, -0.1) is 11.8 Å². The fourth-order valence-corrected chi connectivity index (χ4v) is 4.54. The third-order valence-corrected chi connectivity index (χ3v) is 6.43. The van der Waals surface area contributed by atoms with Crippen molar-refractivity contribution in [2.75, 3.05) is 4.90 Å². The molecule has 0 aromatic heterocycles. The summed E-state index contributed by atoms with van der Waals surface area (Å²) in [7, 11) is 0. The van der Waals surface area contributed by atoms with Crippen LogP contribution in [0.2, 0.25) is 5.02 Å². The molecular formula is C24H17ClFNO2S. The van der Waals surface area contributed by atoms with E-state index in [1.54, 1.807) is 25.1 Å². The third-order valence-electron chi connectivity index (χ3n) is 4.88. The van der Waals surface area contributed by atoms with Crippen LogP contribution in [0, 0.1) is 12.7 Å². The van der Waals surface area contributed by atoms with Gasteiger partial charge in [0.25, 0.3) is 11.8 Å². The zero-order valence-corrected chi connectivity index (χ0v) is 17.6. The topological polar surface area (TPSA) is 37.4 Å². The SMILES string of the molecule is Cc1c(Cl)cccc1N1C(=O)C(SCc2ccccc2)=C(c2ccc(F)cc2)C1=O. The van der Waals surface area contributed by atoms with E-state index in [-0.39, 0.29) is 5.57 Å². The molecule has 0 unspecified atom stereocenters. The van der Waals surface area contributed by atoms with Crippen LogP contribution in [-0.4, -0.2) is 11.8 Å².